The number of halogens is 2. The summed E-state index contributed by atoms with van der Waals surface area (Å²) in [4.78, 5) is 22.5. The summed E-state index contributed by atoms with van der Waals surface area (Å²) >= 11 is 5.64. The van der Waals surface area contributed by atoms with E-state index >= 15 is 0 Å². The Morgan fingerprint density at radius 3 is 2.76 bits per heavy atom. The lowest BCUT2D eigenvalue weighted by Gasteiger charge is -2.13. The zero-order chi connectivity index (χ0) is 15.4. The number of benzene rings is 1. The molecule has 2 atom stereocenters. The largest absolute Gasteiger partial charge is 0.481 e. The van der Waals surface area contributed by atoms with Gasteiger partial charge in [-0.2, -0.15) is 0 Å². The maximum atomic E-state index is 13.0. The molecular weight excluding hydrogens is 299 g/mol. The van der Waals surface area contributed by atoms with Crippen molar-refractivity contribution >= 4 is 23.6 Å². The van der Waals surface area contributed by atoms with Gasteiger partial charge < -0.3 is 15.7 Å². The van der Waals surface area contributed by atoms with Gasteiger partial charge in [-0.3, -0.25) is 4.79 Å². The van der Waals surface area contributed by atoms with Gasteiger partial charge in [-0.25, -0.2) is 9.18 Å². The van der Waals surface area contributed by atoms with Crippen LogP contribution in [0.15, 0.2) is 30.4 Å². The van der Waals surface area contributed by atoms with Crippen LogP contribution in [0.25, 0.3) is 0 Å². The molecule has 0 heterocycles. The van der Waals surface area contributed by atoms with Gasteiger partial charge in [0.25, 0.3) is 0 Å². The van der Waals surface area contributed by atoms with Crippen molar-refractivity contribution in [2.45, 2.75) is 19.0 Å². The van der Waals surface area contributed by atoms with Crippen molar-refractivity contribution in [1.82, 2.24) is 10.6 Å². The van der Waals surface area contributed by atoms with Crippen LogP contribution in [0, 0.1) is 11.7 Å². The number of hydrogen-bond acceptors (Lipinski definition) is 2. The summed E-state index contributed by atoms with van der Waals surface area (Å²) in [5.41, 5.74) is 0.668. The van der Waals surface area contributed by atoms with Crippen molar-refractivity contribution in [3.8, 4) is 0 Å². The van der Waals surface area contributed by atoms with Crippen molar-refractivity contribution in [2.75, 3.05) is 0 Å². The highest BCUT2D eigenvalue weighted by Crippen LogP contribution is 2.18. The van der Waals surface area contributed by atoms with E-state index in [1.807, 2.05) is 0 Å². The molecule has 1 aromatic rings. The first-order chi connectivity index (χ1) is 9.95. The van der Waals surface area contributed by atoms with Crippen LogP contribution in [-0.4, -0.2) is 23.1 Å². The molecule has 0 fully saturated rings. The van der Waals surface area contributed by atoms with Gasteiger partial charge in [-0.1, -0.05) is 29.8 Å². The molecule has 0 spiro atoms. The molecule has 0 aliphatic heterocycles. The molecule has 0 aromatic heterocycles. The van der Waals surface area contributed by atoms with Crippen LogP contribution >= 0.6 is 11.6 Å². The molecule has 2 rings (SSSR count). The van der Waals surface area contributed by atoms with Crippen LogP contribution in [-0.2, 0) is 11.3 Å². The maximum absolute atomic E-state index is 13.0. The summed E-state index contributed by atoms with van der Waals surface area (Å²) in [6.07, 6.45) is 3.56. The minimum atomic E-state index is -0.906. The highest BCUT2D eigenvalue weighted by molar-refractivity contribution is 6.30. The zero-order valence-electron chi connectivity index (χ0n) is 11.0. The number of aliphatic carboxylic acids is 1. The summed E-state index contributed by atoms with van der Waals surface area (Å²) in [5.74, 6) is -1.98. The van der Waals surface area contributed by atoms with Crippen molar-refractivity contribution in [2.24, 2.45) is 5.92 Å². The number of rotatable bonds is 4. The summed E-state index contributed by atoms with van der Waals surface area (Å²) in [5, 5.41) is 14.1. The van der Waals surface area contributed by atoms with Crippen molar-refractivity contribution in [1.29, 1.82) is 0 Å². The van der Waals surface area contributed by atoms with E-state index in [1.165, 1.54) is 18.2 Å². The molecule has 0 radical (unpaired) electrons. The van der Waals surface area contributed by atoms with E-state index in [2.05, 4.69) is 10.6 Å². The Bertz CT molecular complexity index is 592. The molecule has 0 saturated carbocycles. The van der Waals surface area contributed by atoms with Gasteiger partial charge >= 0.3 is 12.0 Å². The van der Waals surface area contributed by atoms with Crippen LogP contribution in [0.3, 0.4) is 0 Å². The predicted octanol–water partition coefficient (Wildman–Crippen LogP) is 2.31. The molecule has 1 aliphatic carbocycles. The molecule has 5 nitrogen and oxygen atoms in total. The lowest BCUT2D eigenvalue weighted by molar-refractivity contribution is -0.140. The fourth-order valence-electron chi connectivity index (χ4n) is 2.04. The van der Waals surface area contributed by atoms with Crippen molar-refractivity contribution in [3.05, 3.63) is 46.8 Å². The lowest BCUT2D eigenvalue weighted by Crippen LogP contribution is -2.40. The molecule has 1 aliphatic rings. The second-order valence-electron chi connectivity index (χ2n) is 4.75. The fraction of sp³-hybridized carbons (Fsp3) is 0.286. The summed E-state index contributed by atoms with van der Waals surface area (Å²) in [6.45, 7) is 0.199. The normalized spacial score (nSPS) is 20.3. The zero-order valence-corrected chi connectivity index (χ0v) is 11.7. The number of carboxylic acid groups (broad SMARTS) is 1. The first-order valence-corrected chi connectivity index (χ1v) is 6.73. The van der Waals surface area contributed by atoms with Gasteiger partial charge in [0.05, 0.1) is 17.0 Å². The van der Waals surface area contributed by atoms with Gasteiger partial charge in [-0.05, 0) is 24.1 Å². The molecule has 2 amide bonds. The van der Waals surface area contributed by atoms with E-state index in [9.17, 15) is 14.0 Å². The monoisotopic (exact) mass is 312 g/mol. The average molecular weight is 313 g/mol. The van der Waals surface area contributed by atoms with Crippen LogP contribution in [0.5, 0.6) is 0 Å². The smallest absolute Gasteiger partial charge is 0.315 e. The molecule has 0 saturated heterocycles. The second kappa shape index (κ2) is 6.58. The van der Waals surface area contributed by atoms with Crippen LogP contribution in [0.2, 0.25) is 5.02 Å². The quantitative estimate of drug-likeness (QED) is 0.747. The number of amides is 2. The second-order valence-corrected chi connectivity index (χ2v) is 5.15. The molecular formula is C14H14ClFN2O3. The Balaban J connectivity index is 1.79. The topological polar surface area (TPSA) is 78.4 Å². The lowest BCUT2D eigenvalue weighted by atomic mass is 10.1. The third-order valence-electron chi connectivity index (χ3n) is 3.15. The summed E-state index contributed by atoms with van der Waals surface area (Å²) < 4.78 is 13.0. The predicted molar refractivity (Wildman–Crippen MR) is 75.5 cm³/mol. The van der Waals surface area contributed by atoms with E-state index in [4.69, 9.17) is 16.7 Å². The van der Waals surface area contributed by atoms with E-state index in [0.717, 1.165) is 0 Å². The van der Waals surface area contributed by atoms with E-state index in [0.29, 0.717) is 12.0 Å². The Kier molecular flexibility index (Phi) is 4.80. The third kappa shape index (κ3) is 4.19. The van der Waals surface area contributed by atoms with Gasteiger partial charge in [0.15, 0.2) is 0 Å². The third-order valence-corrected chi connectivity index (χ3v) is 3.44. The van der Waals surface area contributed by atoms with Crippen molar-refractivity contribution in [3.63, 3.8) is 0 Å². The van der Waals surface area contributed by atoms with Gasteiger partial charge in [0, 0.05) is 6.54 Å². The summed E-state index contributed by atoms with van der Waals surface area (Å²) in [7, 11) is 0. The molecule has 0 bridgehead atoms. The number of hydrogen-bond donors (Lipinski definition) is 3. The molecule has 21 heavy (non-hydrogen) atoms. The standard InChI is InChI=1S/C14H14ClFN2O3/c15-11-5-8(1-4-12(11)16)7-17-14(21)18-10-3-2-9(6-10)13(19)20/h1-5,9-10H,6-7H2,(H,19,20)(H2,17,18,21). The number of nitrogens with one attached hydrogen (secondary N) is 2. The number of urea groups is 1. The average Bonchev–Trinajstić information content (AvgIpc) is 2.89. The number of carbonyl (C=O) groups excluding carboxylic acids is 1. The maximum Gasteiger partial charge on any atom is 0.315 e. The van der Waals surface area contributed by atoms with E-state index in [-0.39, 0.29) is 17.6 Å². The molecule has 2 unspecified atom stereocenters. The molecule has 1 aromatic carbocycles. The Morgan fingerprint density at radius 1 is 1.38 bits per heavy atom. The Morgan fingerprint density at radius 2 is 2.14 bits per heavy atom. The Labute approximate surface area is 125 Å². The number of carbonyl (C=O) groups is 2. The highest BCUT2D eigenvalue weighted by atomic mass is 35.5. The van der Waals surface area contributed by atoms with Crippen LogP contribution in [0.4, 0.5) is 9.18 Å². The SMILES string of the molecule is O=C(NCc1ccc(F)c(Cl)c1)NC1C=CC(C(=O)O)C1. The van der Waals surface area contributed by atoms with Crippen LogP contribution in [0.1, 0.15) is 12.0 Å². The molecule has 112 valence electrons. The van der Waals surface area contributed by atoms with Crippen LogP contribution < -0.4 is 10.6 Å². The minimum absolute atomic E-state index is 0.00210. The van der Waals surface area contributed by atoms with Crippen molar-refractivity contribution < 1.29 is 19.1 Å². The molecule has 3 N–H and O–H groups in total. The number of carboxylic acids is 1. The van der Waals surface area contributed by atoms with Gasteiger partial charge in [-0.15, -0.1) is 0 Å². The van der Waals surface area contributed by atoms with E-state index < -0.39 is 23.7 Å². The summed E-state index contributed by atoms with van der Waals surface area (Å²) in [6, 6.07) is 3.47. The van der Waals surface area contributed by atoms with Gasteiger partial charge in [0.2, 0.25) is 0 Å². The molecule has 7 heteroatoms. The first-order valence-electron chi connectivity index (χ1n) is 6.35. The fourth-order valence-corrected chi connectivity index (χ4v) is 2.24. The van der Waals surface area contributed by atoms with E-state index in [1.54, 1.807) is 12.2 Å². The Hall–Kier alpha value is -2.08. The van der Waals surface area contributed by atoms with Gasteiger partial charge in [0.1, 0.15) is 5.82 Å². The minimum Gasteiger partial charge on any atom is -0.481 e. The first kappa shape index (κ1) is 15.3. The highest BCUT2D eigenvalue weighted by Gasteiger charge is 2.25.